The summed E-state index contributed by atoms with van der Waals surface area (Å²) in [6.07, 6.45) is -0.389. The van der Waals surface area contributed by atoms with E-state index >= 15 is 0 Å². The Balaban J connectivity index is 1.66. The maximum Gasteiger partial charge on any atom is 0.407 e. The number of benzene rings is 2. The molecule has 0 spiro atoms. The summed E-state index contributed by atoms with van der Waals surface area (Å²) in [7, 11) is 0. The summed E-state index contributed by atoms with van der Waals surface area (Å²) in [5.74, 6) is 0.00593. The highest BCUT2D eigenvalue weighted by Gasteiger charge is 2.31. The molecule has 1 amide bonds. The standard InChI is InChI=1S/C26H31NO5S/c1-5-33-23(28)15-14-22(24(29)32-26(2,3)4)27-25(30)31-16-21-19-12-8-6-10-17(19)18-11-7-9-13-20(18)21/h6-13,21-22H,5,14-16H2,1-4H3,(H,27,30)/t22-/m0/s1. The summed E-state index contributed by atoms with van der Waals surface area (Å²) in [5, 5.41) is 2.58. The molecule has 0 heterocycles. The van der Waals surface area contributed by atoms with E-state index in [9.17, 15) is 14.4 Å². The molecule has 0 aliphatic heterocycles. The second-order valence-corrected chi connectivity index (χ2v) is 10.2. The minimum atomic E-state index is -0.957. The van der Waals surface area contributed by atoms with Gasteiger partial charge in [-0.05, 0) is 55.2 Å². The molecule has 0 radical (unpaired) electrons. The van der Waals surface area contributed by atoms with Gasteiger partial charge in [-0.25, -0.2) is 9.59 Å². The number of carbonyl (C=O) groups excluding carboxylic acids is 3. The van der Waals surface area contributed by atoms with Crippen molar-refractivity contribution in [2.45, 2.75) is 58.1 Å². The monoisotopic (exact) mass is 469 g/mol. The van der Waals surface area contributed by atoms with Crippen LogP contribution >= 0.6 is 11.8 Å². The van der Waals surface area contributed by atoms with Crippen LogP contribution in [0.3, 0.4) is 0 Å². The van der Waals surface area contributed by atoms with E-state index in [1.54, 1.807) is 20.8 Å². The number of amides is 1. The summed E-state index contributed by atoms with van der Waals surface area (Å²) in [5.41, 5.74) is 3.79. The number of esters is 1. The molecule has 33 heavy (non-hydrogen) atoms. The van der Waals surface area contributed by atoms with Crippen LogP contribution in [0.4, 0.5) is 4.79 Å². The van der Waals surface area contributed by atoms with Crippen molar-refractivity contribution in [1.82, 2.24) is 5.32 Å². The summed E-state index contributed by atoms with van der Waals surface area (Å²) in [4.78, 5) is 37.2. The van der Waals surface area contributed by atoms with Crippen LogP contribution in [-0.4, -0.2) is 41.2 Å². The molecule has 6 nitrogen and oxygen atoms in total. The molecule has 0 aromatic heterocycles. The average molecular weight is 470 g/mol. The Morgan fingerprint density at radius 1 is 1.00 bits per heavy atom. The SMILES string of the molecule is CCSC(=O)CC[C@H](NC(=O)OCC1c2ccccc2-c2ccccc21)C(=O)OC(C)(C)C. The number of hydrogen-bond acceptors (Lipinski definition) is 6. The number of thioether (sulfide) groups is 1. The van der Waals surface area contributed by atoms with Crippen molar-refractivity contribution >= 4 is 28.9 Å². The molecule has 3 rings (SSSR count). The van der Waals surface area contributed by atoms with E-state index in [4.69, 9.17) is 9.47 Å². The lowest BCUT2D eigenvalue weighted by Gasteiger charge is -2.24. The summed E-state index contributed by atoms with van der Waals surface area (Å²) in [6, 6.07) is 15.2. The van der Waals surface area contributed by atoms with Gasteiger partial charge >= 0.3 is 12.1 Å². The zero-order valence-electron chi connectivity index (χ0n) is 19.6. The topological polar surface area (TPSA) is 81.7 Å². The molecule has 1 aliphatic rings. The smallest absolute Gasteiger partial charge is 0.407 e. The predicted octanol–water partition coefficient (Wildman–Crippen LogP) is 5.30. The number of hydrogen-bond donors (Lipinski definition) is 1. The molecule has 0 saturated heterocycles. The first-order valence-corrected chi connectivity index (χ1v) is 12.2. The van der Waals surface area contributed by atoms with Gasteiger partial charge in [0, 0.05) is 12.3 Å². The second kappa shape index (κ2) is 10.9. The van der Waals surface area contributed by atoms with Crippen LogP contribution in [0, 0.1) is 0 Å². The molecule has 0 unspecified atom stereocenters. The number of ether oxygens (including phenoxy) is 2. The Morgan fingerprint density at radius 2 is 1.58 bits per heavy atom. The summed E-state index contributed by atoms with van der Waals surface area (Å²) in [6.45, 7) is 7.31. The van der Waals surface area contributed by atoms with Gasteiger partial charge in [-0.15, -0.1) is 0 Å². The van der Waals surface area contributed by atoms with Crippen LogP contribution in [0.2, 0.25) is 0 Å². The van der Waals surface area contributed by atoms with Crippen molar-refractivity contribution in [3.63, 3.8) is 0 Å². The van der Waals surface area contributed by atoms with Crippen LogP contribution < -0.4 is 5.32 Å². The second-order valence-electron chi connectivity index (χ2n) is 8.90. The zero-order chi connectivity index (χ0) is 24.0. The highest BCUT2D eigenvalue weighted by atomic mass is 32.2. The van der Waals surface area contributed by atoms with Crippen molar-refractivity contribution in [1.29, 1.82) is 0 Å². The molecule has 0 fully saturated rings. The van der Waals surface area contributed by atoms with E-state index in [0.29, 0.717) is 5.75 Å². The Morgan fingerprint density at radius 3 is 2.12 bits per heavy atom. The zero-order valence-corrected chi connectivity index (χ0v) is 20.4. The van der Waals surface area contributed by atoms with Crippen LogP contribution in [0.1, 0.15) is 57.6 Å². The number of rotatable bonds is 8. The predicted molar refractivity (Wildman–Crippen MR) is 130 cm³/mol. The van der Waals surface area contributed by atoms with Gasteiger partial charge in [0.25, 0.3) is 0 Å². The Kier molecular flexibility index (Phi) is 8.19. The van der Waals surface area contributed by atoms with Crippen LogP contribution in [0.5, 0.6) is 0 Å². The van der Waals surface area contributed by atoms with E-state index in [0.717, 1.165) is 22.3 Å². The normalized spacial score (nSPS) is 13.6. The molecule has 2 aromatic carbocycles. The Bertz CT molecular complexity index is 968. The lowest BCUT2D eigenvalue weighted by Crippen LogP contribution is -2.44. The van der Waals surface area contributed by atoms with E-state index in [1.165, 1.54) is 11.8 Å². The van der Waals surface area contributed by atoms with Crippen molar-refractivity contribution in [3.05, 3.63) is 59.7 Å². The third-order valence-corrected chi connectivity index (χ3v) is 6.08. The lowest BCUT2D eigenvalue weighted by atomic mass is 9.98. The Labute approximate surface area is 199 Å². The minimum Gasteiger partial charge on any atom is -0.458 e. The number of carbonyl (C=O) groups is 3. The average Bonchev–Trinajstić information content (AvgIpc) is 3.08. The van der Waals surface area contributed by atoms with Gasteiger partial charge in [-0.2, -0.15) is 0 Å². The van der Waals surface area contributed by atoms with Crippen molar-refractivity contribution < 1.29 is 23.9 Å². The largest absolute Gasteiger partial charge is 0.458 e. The third-order valence-electron chi connectivity index (χ3n) is 5.27. The first-order valence-electron chi connectivity index (χ1n) is 11.2. The van der Waals surface area contributed by atoms with Crippen molar-refractivity contribution in [2.75, 3.05) is 12.4 Å². The highest BCUT2D eigenvalue weighted by molar-refractivity contribution is 8.13. The lowest BCUT2D eigenvalue weighted by molar-refractivity contribution is -0.157. The van der Waals surface area contributed by atoms with Gasteiger partial charge < -0.3 is 14.8 Å². The molecule has 7 heteroatoms. The van der Waals surface area contributed by atoms with E-state index in [1.807, 2.05) is 43.3 Å². The van der Waals surface area contributed by atoms with Gasteiger partial charge in [-0.3, -0.25) is 4.79 Å². The Hall–Kier alpha value is -2.80. The summed E-state index contributed by atoms with van der Waals surface area (Å²) >= 11 is 1.20. The van der Waals surface area contributed by atoms with Gasteiger partial charge in [0.2, 0.25) is 0 Å². The fraction of sp³-hybridized carbons (Fsp3) is 0.423. The van der Waals surface area contributed by atoms with Crippen LogP contribution in [-0.2, 0) is 19.1 Å². The molecule has 1 aliphatic carbocycles. The number of fused-ring (bicyclic) bond motifs is 3. The van der Waals surface area contributed by atoms with Gasteiger partial charge in [0.15, 0.2) is 5.12 Å². The van der Waals surface area contributed by atoms with Crippen LogP contribution in [0.25, 0.3) is 11.1 Å². The molecule has 0 bridgehead atoms. The first kappa shape index (κ1) is 24.8. The fourth-order valence-corrected chi connectivity index (χ4v) is 4.48. The van der Waals surface area contributed by atoms with Crippen molar-refractivity contribution in [3.8, 4) is 11.1 Å². The number of nitrogens with one attached hydrogen (secondary N) is 1. The van der Waals surface area contributed by atoms with E-state index in [2.05, 4.69) is 17.4 Å². The molecule has 1 atom stereocenters. The molecule has 2 aromatic rings. The van der Waals surface area contributed by atoms with Gasteiger partial charge in [0.1, 0.15) is 18.2 Å². The number of alkyl carbamates (subject to hydrolysis) is 1. The molecule has 0 saturated carbocycles. The van der Waals surface area contributed by atoms with Crippen molar-refractivity contribution in [2.24, 2.45) is 0 Å². The highest BCUT2D eigenvalue weighted by Crippen LogP contribution is 2.44. The molecular formula is C26H31NO5S. The van der Waals surface area contributed by atoms with Crippen LogP contribution in [0.15, 0.2) is 48.5 Å². The molecular weight excluding hydrogens is 438 g/mol. The fourth-order valence-electron chi connectivity index (χ4n) is 3.90. The maximum absolute atomic E-state index is 12.6. The quantitative estimate of drug-likeness (QED) is 0.529. The van der Waals surface area contributed by atoms with Gasteiger partial charge in [-0.1, -0.05) is 67.2 Å². The van der Waals surface area contributed by atoms with E-state index < -0.39 is 23.7 Å². The third kappa shape index (κ3) is 6.60. The maximum atomic E-state index is 12.6. The first-order chi connectivity index (χ1) is 15.7. The summed E-state index contributed by atoms with van der Waals surface area (Å²) < 4.78 is 11.0. The molecule has 1 N–H and O–H groups in total. The molecule has 176 valence electrons. The van der Waals surface area contributed by atoms with Gasteiger partial charge in [0.05, 0.1) is 0 Å². The minimum absolute atomic E-state index is 0.0274. The van der Waals surface area contributed by atoms with E-state index in [-0.39, 0.29) is 30.5 Å².